The van der Waals surface area contributed by atoms with Crippen molar-refractivity contribution in [1.29, 1.82) is 0 Å². The maximum Gasteiger partial charge on any atom is 0.335 e. The van der Waals surface area contributed by atoms with Crippen molar-refractivity contribution in [2.45, 2.75) is 18.8 Å². The monoisotopic (exact) mass is 435 g/mol. The second-order valence-electron chi connectivity index (χ2n) is 8.03. The van der Waals surface area contributed by atoms with Gasteiger partial charge in [0.2, 0.25) is 0 Å². The number of halogens is 2. The van der Waals surface area contributed by atoms with E-state index in [-0.39, 0.29) is 11.4 Å². The van der Waals surface area contributed by atoms with Crippen LogP contribution >= 0.6 is 0 Å². The van der Waals surface area contributed by atoms with E-state index in [1.165, 1.54) is 54.6 Å². The minimum Gasteiger partial charge on any atom is -0.423 e. The summed E-state index contributed by atoms with van der Waals surface area (Å²) < 4.78 is 33.2. The number of ether oxygens (including phenoxy) is 1. The highest BCUT2D eigenvalue weighted by Crippen LogP contribution is 2.69. The number of rotatable bonds is 6. The zero-order valence-electron chi connectivity index (χ0n) is 17.1. The third-order valence-electron chi connectivity index (χ3n) is 5.97. The lowest BCUT2D eigenvalue weighted by atomic mass is 9.80. The van der Waals surface area contributed by atoms with E-state index in [0.717, 1.165) is 0 Å². The van der Waals surface area contributed by atoms with Gasteiger partial charge in [-0.25, -0.2) is 13.6 Å². The standard InChI is InChI=1S/C25H19F2NO4/c1-24(13-12-23(29)32-22-10-8-21(9-11-22)28(30)31)16-25(24,17-4-2-6-19(26)14-17)18-5-3-7-20(27)15-18/h2-15H,16H2,1H3/b13-12+/t24-/m0/s1. The summed E-state index contributed by atoms with van der Waals surface area (Å²) in [4.78, 5) is 22.5. The molecule has 1 atom stereocenters. The number of carbonyl (C=O) groups excluding carboxylic acids is 1. The third kappa shape index (κ3) is 3.89. The fourth-order valence-electron chi connectivity index (χ4n) is 4.28. The number of esters is 1. The van der Waals surface area contributed by atoms with Crippen molar-refractivity contribution in [1.82, 2.24) is 0 Å². The average Bonchev–Trinajstić information content (AvgIpc) is 3.40. The Morgan fingerprint density at radius 1 is 1.00 bits per heavy atom. The summed E-state index contributed by atoms with van der Waals surface area (Å²) in [6, 6.07) is 17.5. The van der Waals surface area contributed by atoms with Crippen molar-refractivity contribution >= 4 is 11.7 Å². The van der Waals surface area contributed by atoms with Crippen molar-refractivity contribution in [2.75, 3.05) is 0 Å². The lowest BCUT2D eigenvalue weighted by molar-refractivity contribution is -0.384. The summed E-state index contributed by atoms with van der Waals surface area (Å²) in [5, 5.41) is 10.7. The number of nitrogens with zero attached hydrogens (tertiary/aromatic N) is 1. The van der Waals surface area contributed by atoms with Crippen LogP contribution in [0, 0.1) is 27.2 Å². The molecule has 0 amide bonds. The quantitative estimate of drug-likeness (QED) is 0.163. The third-order valence-corrected chi connectivity index (χ3v) is 5.97. The molecule has 0 bridgehead atoms. The maximum absolute atomic E-state index is 14.0. The molecule has 32 heavy (non-hydrogen) atoms. The lowest BCUT2D eigenvalue weighted by Gasteiger charge is -2.23. The number of non-ortho nitro benzene ring substituents is 1. The molecule has 1 aliphatic rings. The zero-order valence-corrected chi connectivity index (χ0v) is 17.1. The van der Waals surface area contributed by atoms with Gasteiger partial charge in [-0.3, -0.25) is 10.1 Å². The molecule has 7 heteroatoms. The van der Waals surface area contributed by atoms with E-state index < -0.39 is 33.4 Å². The van der Waals surface area contributed by atoms with Crippen LogP contribution < -0.4 is 4.74 Å². The molecular formula is C25H19F2NO4. The number of allylic oxidation sites excluding steroid dienone is 1. The van der Waals surface area contributed by atoms with E-state index in [1.807, 2.05) is 6.92 Å². The molecule has 0 heterocycles. The maximum atomic E-state index is 14.0. The van der Waals surface area contributed by atoms with Gasteiger partial charge in [0, 0.05) is 29.0 Å². The number of carbonyl (C=O) groups is 1. The minimum atomic E-state index is -0.693. The summed E-state index contributed by atoms with van der Waals surface area (Å²) in [7, 11) is 0. The van der Waals surface area contributed by atoms with Gasteiger partial charge in [-0.2, -0.15) is 0 Å². The van der Waals surface area contributed by atoms with Crippen molar-refractivity contribution in [3.05, 3.63) is 118 Å². The van der Waals surface area contributed by atoms with Gasteiger partial charge < -0.3 is 4.74 Å². The summed E-state index contributed by atoms with van der Waals surface area (Å²) in [5.74, 6) is -1.27. The van der Waals surface area contributed by atoms with Gasteiger partial charge in [0.05, 0.1) is 4.92 Å². The van der Waals surface area contributed by atoms with Crippen molar-refractivity contribution in [2.24, 2.45) is 5.41 Å². The molecular weight excluding hydrogens is 416 g/mol. The SMILES string of the molecule is C[C@]1(/C=C/C(=O)Oc2ccc([N+](=O)[O-])cc2)CC1(c1cccc(F)c1)c1cccc(F)c1. The van der Waals surface area contributed by atoms with Gasteiger partial charge in [-0.15, -0.1) is 0 Å². The van der Waals surface area contributed by atoms with Crippen LogP contribution in [0.3, 0.4) is 0 Å². The summed E-state index contributed by atoms with van der Waals surface area (Å²) in [5.41, 5.74) is 0.00325. The first-order valence-corrected chi connectivity index (χ1v) is 9.91. The normalized spacial score (nSPS) is 19.0. The van der Waals surface area contributed by atoms with Gasteiger partial charge >= 0.3 is 5.97 Å². The Bertz CT molecular complexity index is 1180. The fourth-order valence-corrected chi connectivity index (χ4v) is 4.28. The topological polar surface area (TPSA) is 69.4 Å². The Kier molecular flexibility index (Phi) is 5.34. The molecule has 3 aromatic carbocycles. The highest BCUT2D eigenvalue weighted by molar-refractivity contribution is 5.84. The van der Waals surface area contributed by atoms with E-state index in [1.54, 1.807) is 30.3 Å². The van der Waals surface area contributed by atoms with Gasteiger partial charge in [-0.05, 0) is 53.9 Å². The Balaban J connectivity index is 1.60. The van der Waals surface area contributed by atoms with Crippen LogP contribution in [-0.4, -0.2) is 10.9 Å². The first kappa shape index (κ1) is 21.4. The molecule has 0 radical (unpaired) electrons. The lowest BCUT2D eigenvalue weighted by Crippen LogP contribution is -2.18. The van der Waals surface area contributed by atoms with E-state index in [0.29, 0.717) is 17.5 Å². The Morgan fingerprint density at radius 2 is 1.56 bits per heavy atom. The van der Waals surface area contributed by atoms with Crippen LogP contribution in [0.2, 0.25) is 0 Å². The van der Waals surface area contributed by atoms with Crippen LogP contribution in [0.25, 0.3) is 0 Å². The van der Waals surface area contributed by atoms with Crippen LogP contribution in [0.15, 0.2) is 84.9 Å². The number of nitro groups is 1. The number of benzene rings is 3. The molecule has 1 aliphatic carbocycles. The zero-order chi connectivity index (χ0) is 22.9. The molecule has 5 nitrogen and oxygen atoms in total. The predicted molar refractivity (Wildman–Crippen MR) is 114 cm³/mol. The molecule has 0 aliphatic heterocycles. The van der Waals surface area contributed by atoms with E-state index >= 15 is 0 Å². The van der Waals surface area contributed by atoms with E-state index in [9.17, 15) is 23.7 Å². The van der Waals surface area contributed by atoms with Gasteiger partial charge in [-0.1, -0.05) is 37.3 Å². The highest BCUT2D eigenvalue weighted by Gasteiger charge is 2.64. The highest BCUT2D eigenvalue weighted by atomic mass is 19.1. The van der Waals surface area contributed by atoms with E-state index in [2.05, 4.69) is 0 Å². The smallest absolute Gasteiger partial charge is 0.335 e. The first-order chi connectivity index (χ1) is 15.2. The molecule has 0 N–H and O–H groups in total. The van der Waals surface area contributed by atoms with Crippen molar-refractivity contribution in [3.63, 3.8) is 0 Å². The average molecular weight is 435 g/mol. The molecule has 0 unspecified atom stereocenters. The number of hydrogen-bond acceptors (Lipinski definition) is 4. The molecule has 1 saturated carbocycles. The van der Waals surface area contributed by atoms with Crippen LogP contribution in [-0.2, 0) is 10.2 Å². The van der Waals surface area contributed by atoms with Crippen LogP contribution in [0.4, 0.5) is 14.5 Å². The van der Waals surface area contributed by atoms with Gasteiger partial charge in [0.1, 0.15) is 17.4 Å². The molecule has 0 saturated heterocycles. The largest absolute Gasteiger partial charge is 0.423 e. The Hall–Kier alpha value is -3.87. The molecule has 0 aromatic heterocycles. The second kappa shape index (κ2) is 8.00. The van der Waals surface area contributed by atoms with Crippen LogP contribution in [0.1, 0.15) is 24.5 Å². The van der Waals surface area contributed by atoms with Crippen molar-refractivity contribution < 1.29 is 23.2 Å². The Morgan fingerprint density at radius 3 is 2.06 bits per heavy atom. The Labute approximate surface area is 183 Å². The van der Waals surface area contributed by atoms with E-state index in [4.69, 9.17) is 4.74 Å². The first-order valence-electron chi connectivity index (χ1n) is 9.91. The van der Waals surface area contributed by atoms with Gasteiger partial charge in [0.15, 0.2) is 0 Å². The summed E-state index contributed by atoms with van der Waals surface area (Å²) in [6.45, 7) is 1.92. The summed E-state index contributed by atoms with van der Waals surface area (Å²) in [6.07, 6.45) is 3.52. The number of hydrogen-bond donors (Lipinski definition) is 0. The fraction of sp³-hybridized carbons (Fsp3) is 0.160. The molecule has 3 aromatic rings. The second-order valence-corrected chi connectivity index (χ2v) is 8.03. The van der Waals surface area contributed by atoms with Gasteiger partial charge in [0.25, 0.3) is 5.69 Å². The molecule has 4 rings (SSSR count). The molecule has 162 valence electrons. The minimum absolute atomic E-state index is 0.110. The molecule has 1 fully saturated rings. The van der Waals surface area contributed by atoms with Crippen LogP contribution in [0.5, 0.6) is 5.75 Å². The number of nitro benzene ring substituents is 1. The molecule has 0 spiro atoms. The predicted octanol–water partition coefficient (Wildman–Crippen LogP) is 5.73. The van der Waals surface area contributed by atoms with Crippen molar-refractivity contribution in [3.8, 4) is 5.75 Å². The summed E-state index contributed by atoms with van der Waals surface area (Å²) >= 11 is 0.